The number of hydrogen-bond acceptors (Lipinski definition) is 4. The first-order valence-corrected chi connectivity index (χ1v) is 9.23. The second-order valence-electron chi connectivity index (χ2n) is 6.21. The maximum absolute atomic E-state index is 12.3. The minimum Gasteiger partial charge on any atom is -0.369 e. The predicted molar refractivity (Wildman–Crippen MR) is 91.5 cm³/mol. The van der Waals surface area contributed by atoms with Gasteiger partial charge in [0.15, 0.2) is 6.10 Å². The van der Waals surface area contributed by atoms with Crippen LogP contribution in [0, 0.1) is 5.92 Å². The topological polar surface area (TPSA) is 46.6 Å². The molecule has 2 aliphatic heterocycles. The number of fused-ring (bicyclic) bond motifs is 1. The average molecular weight is 333 g/mol. The molecule has 1 aromatic carbocycles. The van der Waals surface area contributed by atoms with Gasteiger partial charge in [0.2, 0.25) is 0 Å². The van der Waals surface area contributed by atoms with Gasteiger partial charge < -0.3 is 14.4 Å². The molecule has 23 heavy (non-hydrogen) atoms. The minimum atomic E-state index is -0.390. The fourth-order valence-corrected chi connectivity index (χ4v) is 5.27. The highest BCUT2D eigenvalue weighted by Gasteiger charge is 2.62. The van der Waals surface area contributed by atoms with Gasteiger partial charge >= 0.3 is 0 Å². The smallest absolute Gasteiger partial charge is 0.254 e. The molecule has 1 amide bonds. The number of ether oxygens (including phenoxy) is 1. The average Bonchev–Trinajstić information content (AvgIpc) is 2.84. The van der Waals surface area contributed by atoms with Crippen molar-refractivity contribution in [3.63, 3.8) is 0 Å². The second kappa shape index (κ2) is 7.05. The molecular formula is C18H23NO3S. The van der Waals surface area contributed by atoms with Crippen LogP contribution in [0.5, 0.6) is 0 Å². The van der Waals surface area contributed by atoms with E-state index < -0.39 is 6.10 Å². The molecule has 0 spiro atoms. The van der Waals surface area contributed by atoms with Crippen molar-refractivity contribution in [1.82, 2.24) is 4.90 Å². The normalized spacial score (nSPS) is 32.5. The zero-order chi connectivity index (χ0) is 16.4. The van der Waals surface area contributed by atoms with Gasteiger partial charge in [0.25, 0.3) is 5.91 Å². The van der Waals surface area contributed by atoms with E-state index in [0.717, 1.165) is 24.9 Å². The maximum atomic E-state index is 12.3. The van der Waals surface area contributed by atoms with Crippen LogP contribution in [-0.4, -0.2) is 53.4 Å². The molecule has 4 nitrogen and oxygen atoms in total. The summed E-state index contributed by atoms with van der Waals surface area (Å²) in [5.41, 5.74) is 1.25. The molecule has 3 rings (SSSR count). The number of nitrogens with zero attached hydrogens (tertiary/aromatic N) is 1. The molecule has 5 atom stereocenters. The van der Waals surface area contributed by atoms with E-state index in [-0.39, 0.29) is 29.2 Å². The Bertz CT molecular complexity index is 565. The number of amides is 1. The van der Waals surface area contributed by atoms with Crippen molar-refractivity contribution in [3.05, 3.63) is 35.9 Å². The lowest BCUT2D eigenvalue weighted by Crippen LogP contribution is -2.66. The van der Waals surface area contributed by atoms with E-state index in [1.165, 1.54) is 5.56 Å². The summed E-state index contributed by atoms with van der Waals surface area (Å²) >= 11 is 1.83. The quantitative estimate of drug-likeness (QED) is 0.567. The standard InChI is InChI=1S/C18H23NO3S/c1-3-9-23-17-13(10-12-7-5-4-6-8-12)15-16(22-2)18(21)19(15)14(17)11-20/h4-8,11,13-17H,3,9-10H2,1-2H3/t13-,14+,15+,16-,17-/m0/s1. The second-order valence-corrected chi connectivity index (χ2v) is 7.49. The number of methoxy groups -OCH3 is 1. The molecular weight excluding hydrogens is 310 g/mol. The van der Waals surface area contributed by atoms with Gasteiger partial charge in [0.05, 0.1) is 6.04 Å². The Morgan fingerprint density at radius 3 is 2.65 bits per heavy atom. The van der Waals surface area contributed by atoms with E-state index in [9.17, 15) is 9.59 Å². The van der Waals surface area contributed by atoms with Crippen LogP contribution in [0.15, 0.2) is 30.3 Å². The highest BCUT2D eigenvalue weighted by atomic mass is 32.2. The lowest BCUT2D eigenvalue weighted by molar-refractivity contribution is -0.172. The summed E-state index contributed by atoms with van der Waals surface area (Å²) in [6, 6.07) is 10.0. The van der Waals surface area contributed by atoms with E-state index in [1.54, 1.807) is 12.0 Å². The monoisotopic (exact) mass is 333 g/mol. The summed E-state index contributed by atoms with van der Waals surface area (Å²) in [7, 11) is 1.59. The highest BCUT2D eigenvalue weighted by Crippen LogP contribution is 2.46. The van der Waals surface area contributed by atoms with Crippen molar-refractivity contribution in [2.24, 2.45) is 5.92 Å². The van der Waals surface area contributed by atoms with Crippen molar-refractivity contribution < 1.29 is 14.3 Å². The molecule has 0 unspecified atom stereocenters. The molecule has 0 radical (unpaired) electrons. The molecule has 124 valence electrons. The van der Waals surface area contributed by atoms with E-state index in [1.807, 2.05) is 30.0 Å². The number of aldehydes is 1. The van der Waals surface area contributed by atoms with E-state index >= 15 is 0 Å². The Morgan fingerprint density at radius 1 is 1.30 bits per heavy atom. The molecule has 5 heteroatoms. The van der Waals surface area contributed by atoms with Gasteiger partial charge in [-0.05, 0) is 24.2 Å². The molecule has 2 saturated heterocycles. The van der Waals surface area contributed by atoms with Crippen LogP contribution in [-0.2, 0) is 20.7 Å². The van der Waals surface area contributed by atoms with Crippen LogP contribution < -0.4 is 0 Å². The van der Waals surface area contributed by atoms with Crippen LogP contribution in [0.3, 0.4) is 0 Å². The first kappa shape index (κ1) is 16.5. The fourth-order valence-electron chi connectivity index (χ4n) is 3.87. The summed E-state index contributed by atoms with van der Waals surface area (Å²) in [5, 5.41) is 0.154. The molecule has 0 aromatic heterocycles. The SMILES string of the molecule is CCCS[C@H]1[C@@H](Cc2ccccc2)[C@@H]2[C@H](OC)C(=O)N2[C@@H]1C=O. The third kappa shape index (κ3) is 2.81. The third-order valence-corrected chi connectivity index (χ3v) is 6.53. The van der Waals surface area contributed by atoms with Gasteiger partial charge in [0, 0.05) is 18.3 Å². The number of rotatable bonds is 7. The number of carbonyl (C=O) groups is 2. The van der Waals surface area contributed by atoms with E-state index in [2.05, 4.69) is 19.1 Å². The molecule has 0 aliphatic carbocycles. The molecule has 2 aliphatic rings. The molecule has 0 bridgehead atoms. The minimum absolute atomic E-state index is 0.0252. The Kier molecular flexibility index (Phi) is 5.07. The van der Waals surface area contributed by atoms with Crippen LogP contribution in [0.4, 0.5) is 0 Å². The third-order valence-electron chi connectivity index (χ3n) is 4.87. The molecule has 1 aromatic rings. The summed E-state index contributed by atoms with van der Waals surface area (Å²) < 4.78 is 5.41. The summed E-state index contributed by atoms with van der Waals surface area (Å²) in [6.07, 6.45) is 2.51. The fraction of sp³-hybridized carbons (Fsp3) is 0.556. The van der Waals surface area contributed by atoms with E-state index in [4.69, 9.17) is 4.74 Å². The van der Waals surface area contributed by atoms with Crippen molar-refractivity contribution in [2.75, 3.05) is 12.9 Å². The maximum Gasteiger partial charge on any atom is 0.254 e. The largest absolute Gasteiger partial charge is 0.369 e. The van der Waals surface area contributed by atoms with Gasteiger partial charge in [-0.1, -0.05) is 37.3 Å². The predicted octanol–water partition coefficient (Wildman–Crippen LogP) is 2.16. The van der Waals surface area contributed by atoms with Crippen LogP contribution in [0.1, 0.15) is 18.9 Å². The lowest BCUT2D eigenvalue weighted by Gasteiger charge is -2.45. The van der Waals surface area contributed by atoms with Crippen molar-refractivity contribution in [1.29, 1.82) is 0 Å². The number of benzene rings is 1. The summed E-state index contributed by atoms with van der Waals surface area (Å²) in [4.78, 5) is 25.7. The van der Waals surface area contributed by atoms with Gasteiger partial charge in [-0.3, -0.25) is 4.79 Å². The number of thioether (sulfide) groups is 1. The van der Waals surface area contributed by atoms with Gasteiger partial charge in [-0.2, -0.15) is 11.8 Å². The highest BCUT2D eigenvalue weighted by molar-refractivity contribution is 8.00. The molecule has 0 saturated carbocycles. The van der Waals surface area contributed by atoms with E-state index in [0.29, 0.717) is 0 Å². The Labute approximate surface area is 141 Å². The first-order chi connectivity index (χ1) is 11.2. The summed E-state index contributed by atoms with van der Waals surface area (Å²) in [5.74, 6) is 1.23. The van der Waals surface area contributed by atoms with Crippen LogP contribution in [0.25, 0.3) is 0 Å². The van der Waals surface area contributed by atoms with Crippen LogP contribution in [0.2, 0.25) is 0 Å². The van der Waals surface area contributed by atoms with Gasteiger partial charge in [-0.15, -0.1) is 0 Å². The molecule has 2 heterocycles. The van der Waals surface area contributed by atoms with Crippen LogP contribution >= 0.6 is 11.8 Å². The number of β-lactam (4-membered cyclic amide) rings is 1. The number of carbonyl (C=O) groups excluding carboxylic acids is 2. The van der Waals surface area contributed by atoms with Crippen molar-refractivity contribution in [3.8, 4) is 0 Å². The number of hydrogen-bond donors (Lipinski definition) is 0. The Balaban J connectivity index is 1.87. The Morgan fingerprint density at radius 2 is 2.04 bits per heavy atom. The molecule has 2 fully saturated rings. The van der Waals surface area contributed by atoms with Gasteiger partial charge in [0.1, 0.15) is 12.3 Å². The lowest BCUT2D eigenvalue weighted by atomic mass is 9.85. The van der Waals surface area contributed by atoms with Crippen molar-refractivity contribution >= 4 is 24.0 Å². The summed E-state index contributed by atoms with van der Waals surface area (Å²) in [6.45, 7) is 2.14. The Hall–Kier alpha value is -1.33. The molecule has 0 N–H and O–H groups in total. The zero-order valence-corrected chi connectivity index (χ0v) is 14.4. The first-order valence-electron chi connectivity index (χ1n) is 8.18. The zero-order valence-electron chi connectivity index (χ0n) is 13.6. The van der Waals surface area contributed by atoms with Gasteiger partial charge in [-0.25, -0.2) is 0 Å². The van der Waals surface area contributed by atoms with Crippen molar-refractivity contribution in [2.45, 2.75) is 43.2 Å².